The SMILES string of the molecule is C[C@@H](C(=O)N(COP(=O)(O)O)c1cccc(-c2cnc(N3CCC[C@H]3C(F)(F)F)nc2)n1)n1cnc2c1c(=O)n(C)c(=O)n2C. The number of pyridine rings is 1. The van der Waals surface area contributed by atoms with Gasteiger partial charge in [0, 0.05) is 38.6 Å². The average molecular weight is 654 g/mol. The van der Waals surface area contributed by atoms with Gasteiger partial charge in [0.1, 0.15) is 24.6 Å². The van der Waals surface area contributed by atoms with Crippen molar-refractivity contribution < 1.29 is 36.8 Å². The maximum Gasteiger partial charge on any atom is 0.471 e. The standard InChI is InChI=1S/C25H27F3N9O7P/c1-14(36-12-31-20-19(36)22(39)34(3)24(40)33(20)2)21(38)37(13-44-45(41,42)43)18-8-4-6-16(32-18)15-10-29-23(30-11-15)35-9-5-7-17(35)25(26,27)28/h4,6,8,10-12,14,17H,5,7,9,13H2,1-3H3,(H2,41,42,43)/t14-,17-/m0/s1. The maximum absolute atomic E-state index is 13.8. The summed E-state index contributed by atoms with van der Waals surface area (Å²) in [5.74, 6) is -1.04. The largest absolute Gasteiger partial charge is 0.471 e. The molecule has 0 aromatic carbocycles. The van der Waals surface area contributed by atoms with Crippen molar-refractivity contribution in [3.05, 3.63) is 57.8 Å². The fourth-order valence-electron chi connectivity index (χ4n) is 5.06. The fourth-order valence-corrected chi connectivity index (χ4v) is 5.33. The third-order valence-electron chi connectivity index (χ3n) is 7.40. The van der Waals surface area contributed by atoms with Gasteiger partial charge in [0.05, 0.1) is 12.0 Å². The maximum atomic E-state index is 13.8. The van der Waals surface area contributed by atoms with Gasteiger partial charge in [0.25, 0.3) is 11.5 Å². The Morgan fingerprint density at radius 2 is 1.84 bits per heavy atom. The fraction of sp³-hybridized carbons (Fsp3) is 0.400. The number of fused-ring (bicyclic) bond motifs is 1. The highest BCUT2D eigenvalue weighted by Crippen LogP contribution is 2.37. The number of hydrogen-bond donors (Lipinski definition) is 2. The minimum Gasteiger partial charge on any atom is -0.329 e. The number of aryl methyl sites for hydroxylation is 1. The van der Waals surface area contributed by atoms with Crippen LogP contribution < -0.4 is 21.0 Å². The van der Waals surface area contributed by atoms with Crippen molar-refractivity contribution in [2.24, 2.45) is 14.1 Å². The van der Waals surface area contributed by atoms with Crippen LogP contribution in [0, 0.1) is 0 Å². The van der Waals surface area contributed by atoms with Crippen molar-refractivity contribution in [1.29, 1.82) is 0 Å². The van der Waals surface area contributed by atoms with Gasteiger partial charge in [-0.05, 0) is 31.9 Å². The van der Waals surface area contributed by atoms with Gasteiger partial charge < -0.3 is 19.3 Å². The third kappa shape index (κ3) is 6.24. The van der Waals surface area contributed by atoms with E-state index in [4.69, 9.17) is 0 Å². The minimum absolute atomic E-state index is 0.0137. The molecule has 0 spiro atoms. The summed E-state index contributed by atoms with van der Waals surface area (Å²) < 4.78 is 59.6. The van der Waals surface area contributed by atoms with Gasteiger partial charge in [-0.2, -0.15) is 13.2 Å². The minimum atomic E-state index is -5.08. The molecule has 0 bridgehead atoms. The van der Waals surface area contributed by atoms with Crippen LogP contribution in [0.3, 0.4) is 0 Å². The molecule has 1 aliphatic heterocycles. The second kappa shape index (κ2) is 11.8. The predicted octanol–water partition coefficient (Wildman–Crippen LogP) is 1.48. The molecule has 5 rings (SSSR count). The van der Waals surface area contributed by atoms with E-state index in [0.717, 1.165) is 18.9 Å². The summed E-state index contributed by atoms with van der Waals surface area (Å²) in [4.78, 5) is 76.4. The molecule has 0 radical (unpaired) electrons. The zero-order valence-electron chi connectivity index (χ0n) is 24.0. The Hall–Kier alpha value is -4.45. The molecule has 1 aliphatic rings. The van der Waals surface area contributed by atoms with Crippen LogP contribution in [0.25, 0.3) is 22.4 Å². The van der Waals surface area contributed by atoms with Crippen LogP contribution in [0.2, 0.25) is 0 Å². The molecule has 240 valence electrons. The first kappa shape index (κ1) is 32.0. The van der Waals surface area contributed by atoms with E-state index in [0.29, 0.717) is 6.42 Å². The number of carbonyl (C=O) groups excluding carboxylic acids is 1. The molecular formula is C25H27F3N9O7P. The number of aromatic nitrogens is 7. The van der Waals surface area contributed by atoms with Crippen molar-refractivity contribution in [3.63, 3.8) is 0 Å². The number of amides is 1. The molecule has 0 saturated carbocycles. The second-order valence-electron chi connectivity index (χ2n) is 10.3. The topological polar surface area (TPSA) is 191 Å². The van der Waals surface area contributed by atoms with Crippen molar-refractivity contribution in [2.75, 3.05) is 23.1 Å². The number of rotatable bonds is 8. The lowest BCUT2D eigenvalue weighted by Crippen LogP contribution is -2.42. The van der Waals surface area contributed by atoms with Crippen LogP contribution in [0.5, 0.6) is 0 Å². The molecule has 2 atom stereocenters. The molecule has 16 nitrogen and oxygen atoms in total. The first-order valence-corrected chi connectivity index (χ1v) is 14.9. The lowest BCUT2D eigenvalue weighted by Gasteiger charge is -2.26. The number of phosphoric acid groups is 1. The Kier molecular flexibility index (Phi) is 8.39. The van der Waals surface area contributed by atoms with Crippen LogP contribution in [0.4, 0.5) is 24.9 Å². The number of alkyl halides is 3. The normalized spacial score (nSPS) is 16.4. The molecule has 0 unspecified atom stereocenters. The Balaban J connectivity index is 1.48. The second-order valence-corrected chi connectivity index (χ2v) is 11.5. The van der Waals surface area contributed by atoms with Gasteiger partial charge in [-0.3, -0.25) is 28.1 Å². The highest BCUT2D eigenvalue weighted by Gasteiger charge is 2.46. The molecule has 1 amide bonds. The average Bonchev–Trinajstić information content (AvgIpc) is 3.67. The van der Waals surface area contributed by atoms with Crippen LogP contribution >= 0.6 is 7.82 Å². The first-order chi connectivity index (χ1) is 21.1. The first-order valence-electron chi connectivity index (χ1n) is 13.4. The summed E-state index contributed by atoms with van der Waals surface area (Å²) in [7, 11) is -2.41. The van der Waals surface area contributed by atoms with E-state index in [9.17, 15) is 41.9 Å². The van der Waals surface area contributed by atoms with Gasteiger partial charge in [-0.1, -0.05) is 6.07 Å². The van der Waals surface area contributed by atoms with Crippen LogP contribution in [-0.4, -0.2) is 74.8 Å². The number of phosphoric ester groups is 1. The highest BCUT2D eigenvalue weighted by molar-refractivity contribution is 7.46. The molecule has 4 aromatic heterocycles. The molecule has 45 heavy (non-hydrogen) atoms. The third-order valence-corrected chi connectivity index (χ3v) is 7.85. The monoisotopic (exact) mass is 653 g/mol. The molecule has 5 heterocycles. The van der Waals surface area contributed by atoms with E-state index in [-0.39, 0.29) is 47.2 Å². The van der Waals surface area contributed by atoms with E-state index in [2.05, 4.69) is 24.5 Å². The molecule has 0 aliphatic carbocycles. The summed E-state index contributed by atoms with van der Waals surface area (Å²) >= 11 is 0. The van der Waals surface area contributed by atoms with Crippen molar-refractivity contribution in [3.8, 4) is 11.3 Å². The van der Waals surface area contributed by atoms with E-state index in [1.54, 1.807) is 0 Å². The number of nitrogens with zero attached hydrogens (tertiary/aromatic N) is 9. The predicted molar refractivity (Wildman–Crippen MR) is 152 cm³/mol. The Morgan fingerprint density at radius 1 is 1.16 bits per heavy atom. The van der Waals surface area contributed by atoms with Crippen molar-refractivity contribution in [1.82, 2.24) is 33.6 Å². The van der Waals surface area contributed by atoms with E-state index >= 15 is 0 Å². The van der Waals surface area contributed by atoms with Gasteiger partial charge >= 0.3 is 19.7 Å². The van der Waals surface area contributed by atoms with Gasteiger partial charge in [0.15, 0.2) is 11.2 Å². The van der Waals surface area contributed by atoms with Gasteiger partial charge in [0.2, 0.25) is 5.95 Å². The van der Waals surface area contributed by atoms with Crippen LogP contribution in [-0.2, 0) is 28.0 Å². The number of imidazole rings is 1. The highest BCUT2D eigenvalue weighted by atomic mass is 31.2. The Labute approximate surface area is 251 Å². The summed E-state index contributed by atoms with van der Waals surface area (Å²) in [6, 6.07) is 1.44. The van der Waals surface area contributed by atoms with Crippen molar-refractivity contribution >= 4 is 36.7 Å². The summed E-state index contributed by atoms with van der Waals surface area (Å²) in [5.41, 5.74) is -0.939. The molecule has 4 aromatic rings. The number of halogens is 3. The summed E-state index contributed by atoms with van der Waals surface area (Å²) in [5, 5.41) is 0. The molecule has 1 fully saturated rings. The van der Waals surface area contributed by atoms with Crippen LogP contribution in [0.15, 0.2) is 46.5 Å². The lowest BCUT2D eigenvalue weighted by atomic mass is 10.2. The van der Waals surface area contributed by atoms with Crippen LogP contribution in [0.1, 0.15) is 25.8 Å². The molecule has 1 saturated heterocycles. The van der Waals surface area contributed by atoms with Gasteiger partial charge in [-0.25, -0.2) is 29.3 Å². The lowest BCUT2D eigenvalue weighted by molar-refractivity contribution is -0.146. The van der Waals surface area contributed by atoms with E-state index in [1.807, 2.05) is 0 Å². The molecule has 2 N–H and O–H groups in total. The quantitative estimate of drug-likeness (QED) is 0.206. The molecular weight excluding hydrogens is 626 g/mol. The summed E-state index contributed by atoms with van der Waals surface area (Å²) in [6.07, 6.45) is -0.443. The molecule has 20 heteroatoms. The van der Waals surface area contributed by atoms with Crippen molar-refractivity contribution in [2.45, 2.75) is 38.0 Å². The summed E-state index contributed by atoms with van der Waals surface area (Å²) in [6.45, 7) is 0.596. The number of hydrogen-bond acceptors (Lipinski definition) is 10. The Bertz CT molecular complexity index is 1920. The zero-order valence-corrected chi connectivity index (χ0v) is 24.9. The Morgan fingerprint density at radius 3 is 2.49 bits per heavy atom. The smallest absolute Gasteiger partial charge is 0.329 e. The zero-order chi connectivity index (χ0) is 32.8. The number of anilines is 2. The van der Waals surface area contributed by atoms with E-state index < -0.39 is 50.0 Å². The van der Waals surface area contributed by atoms with E-state index in [1.165, 1.54) is 62.5 Å². The van der Waals surface area contributed by atoms with Gasteiger partial charge in [-0.15, -0.1) is 0 Å². The number of carbonyl (C=O) groups is 1.